The maximum atomic E-state index is 12.5. The summed E-state index contributed by atoms with van der Waals surface area (Å²) in [5, 5.41) is 3.16. The molecule has 1 N–H and O–H groups in total. The summed E-state index contributed by atoms with van der Waals surface area (Å²) in [7, 11) is 3.13. The van der Waals surface area contributed by atoms with Crippen LogP contribution in [0.5, 0.6) is 11.5 Å². The van der Waals surface area contributed by atoms with E-state index in [0.717, 1.165) is 0 Å². The first-order chi connectivity index (χ1) is 13.8. The van der Waals surface area contributed by atoms with Gasteiger partial charge in [0.1, 0.15) is 11.5 Å². The molecule has 29 heavy (non-hydrogen) atoms. The van der Waals surface area contributed by atoms with E-state index in [9.17, 15) is 14.4 Å². The molecule has 1 atom stereocenters. The average Bonchev–Trinajstić information content (AvgIpc) is 2.70. The van der Waals surface area contributed by atoms with Gasteiger partial charge in [0.05, 0.1) is 18.5 Å². The molecule has 1 aliphatic rings. The average molecular weight is 417 g/mol. The summed E-state index contributed by atoms with van der Waals surface area (Å²) in [5.74, 6) is 0.298. The number of hydrogen-bond donors (Lipinski definition) is 1. The highest BCUT2D eigenvalue weighted by molar-refractivity contribution is 6.31. The Hall–Kier alpha value is -3.06. The summed E-state index contributed by atoms with van der Waals surface area (Å²) in [6.45, 7) is 1.67. The van der Waals surface area contributed by atoms with Crippen LogP contribution in [0.25, 0.3) is 0 Å². The second-order valence-corrected chi connectivity index (χ2v) is 7.09. The molecule has 0 bridgehead atoms. The first-order valence-electron chi connectivity index (χ1n) is 9.05. The molecule has 0 saturated carbocycles. The van der Waals surface area contributed by atoms with Gasteiger partial charge < -0.3 is 19.7 Å². The third kappa shape index (κ3) is 4.51. The number of amides is 2. The first-order valence-corrected chi connectivity index (χ1v) is 9.43. The van der Waals surface area contributed by atoms with Crippen LogP contribution in [0.15, 0.2) is 36.4 Å². The Bertz CT molecular complexity index is 976. The standard InChI is InChI=1S/C21H21ClN2O5/c1-12-21(27)24(2)16-10-13(4-7-19(16)29-12)17(25)6-9-20(26)23-15-11-14(22)5-8-18(15)28-3/h4-5,7-8,10-12H,6,9H2,1-3H3,(H,23,26). The van der Waals surface area contributed by atoms with Crippen LogP contribution >= 0.6 is 11.6 Å². The molecule has 0 aliphatic carbocycles. The number of nitrogens with zero attached hydrogens (tertiary/aromatic N) is 1. The smallest absolute Gasteiger partial charge is 0.267 e. The van der Waals surface area contributed by atoms with E-state index >= 15 is 0 Å². The van der Waals surface area contributed by atoms with Crippen molar-refractivity contribution in [3.05, 3.63) is 47.0 Å². The molecule has 1 aliphatic heterocycles. The van der Waals surface area contributed by atoms with E-state index in [-0.39, 0.29) is 30.4 Å². The van der Waals surface area contributed by atoms with Crippen LogP contribution in [0.2, 0.25) is 5.02 Å². The van der Waals surface area contributed by atoms with Crippen molar-refractivity contribution in [3.63, 3.8) is 0 Å². The third-order valence-electron chi connectivity index (χ3n) is 4.64. The van der Waals surface area contributed by atoms with Crippen LogP contribution in [0.4, 0.5) is 11.4 Å². The Morgan fingerprint density at radius 1 is 1.21 bits per heavy atom. The molecule has 0 spiro atoms. The van der Waals surface area contributed by atoms with Crippen LogP contribution in [0, 0.1) is 0 Å². The molecule has 8 heteroatoms. The number of Topliss-reactive ketones (excluding diaryl/α,β-unsaturated/α-hetero) is 1. The number of carbonyl (C=O) groups is 3. The molecule has 1 heterocycles. The number of anilines is 2. The van der Waals surface area contributed by atoms with Gasteiger partial charge in [-0.15, -0.1) is 0 Å². The Labute approximate surface area is 173 Å². The highest BCUT2D eigenvalue weighted by Crippen LogP contribution is 2.34. The molecule has 2 aromatic carbocycles. The number of hydrogen-bond acceptors (Lipinski definition) is 5. The fourth-order valence-electron chi connectivity index (χ4n) is 3.05. The zero-order valence-corrected chi connectivity index (χ0v) is 17.1. The minimum atomic E-state index is -0.568. The number of methoxy groups -OCH3 is 1. The second-order valence-electron chi connectivity index (χ2n) is 6.66. The Morgan fingerprint density at radius 2 is 1.97 bits per heavy atom. The van der Waals surface area contributed by atoms with Crippen molar-refractivity contribution >= 4 is 40.6 Å². The monoisotopic (exact) mass is 416 g/mol. The van der Waals surface area contributed by atoms with Crippen molar-refractivity contribution in [3.8, 4) is 11.5 Å². The number of rotatable bonds is 6. The molecule has 0 fully saturated rings. The first kappa shape index (κ1) is 20.7. The van der Waals surface area contributed by atoms with Crippen LogP contribution in [0.3, 0.4) is 0 Å². The molecule has 7 nitrogen and oxygen atoms in total. The third-order valence-corrected chi connectivity index (χ3v) is 4.87. The lowest BCUT2D eigenvalue weighted by molar-refractivity contribution is -0.125. The van der Waals surface area contributed by atoms with Crippen LogP contribution < -0.4 is 19.7 Å². The maximum Gasteiger partial charge on any atom is 0.267 e. The van der Waals surface area contributed by atoms with Crippen molar-refractivity contribution in [1.82, 2.24) is 0 Å². The van der Waals surface area contributed by atoms with E-state index in [4.69, 9.17) is 21.1 Å². The van der Waals surface area contributed by atoms with Gasteiger partial charge in [0.25, 0.3) is 5.91 Å². The summed E-state index contributed by atoms with van der Waals surface area (Å²) < 4.78 is 10.7. The molecule has 2 aromatic rings. The minimum Gasteiger partial charge on any atom is -0.495 e. The van der Waals surface area contributed by atoms with Crippen LogP contribution in [-0.2, 0) is 9.59 Å². The van der Waals surface area contributed by atoms with Crippen LogP contribution in [0.1, 0.15) is 30.1 Å². The van der Waals surface area contributed by atoms with E-state index < -0.39 is 6.10 Å². The van der Waals surface area contributed by atoms with Gasteiger partial charge in [-0.1, -0.05) is 11.6 Å². The number of carbonyl (C=O) groups excluding carboxylic acids is 3. The molecule has 152 valence electrons. The number of fused-ring (bicyclic) bond motifs is 1. The highest BCUT2D eigenvalue weighted by Gasteiger charge is 2.29. The SMILES string of the molecule is COc1ccc(Cl)cc1NC(=O)CCC(=O)c1ccc2c(c1)N(C)C(=O)C(C)O2. The summed E-state index contributed by atoms with van der Waals surface area (Å²) in [5.41, 5.74) is 1.39. The topological polar surface area (TPSA) is 84.9 Å². The van der Waals surface area contributed by atoms with E-state index in [1.807, 2.05) is 0 Å². The van der Waals surface area contributed by atoms with Crippen molar-refractivity contribution in [2.24, 2.45) is 0 Å². The van der Waals surface area contributed by atoms with Gasteiger partial charge in [0.15, 0.2) is 11.9 Å². The number of likely N-dealkylation sites (N-methyl/N-ethyl adjacent to an activating group) is 1. The zero-order valence-electron chi connectivity index (χ0n) is 16.3. The van der Waals surface area contributed by atoms with Crippen molar-refractivity contribution in [1.29, 1.82) is 0 Å². The van der Waals surface area contributed by atoms with E-state index in [2.05, 4.69) is 5.32 Å². The summed E-state index contributed by atoms with van der Waals surface area (Å²) in [6.07, 6.45) is -0.558. The van der Waals surface area contributed by atoms with E-state index in [1.165, 1.54) is 12.0 Å². The van der Waals surface area contributed by atoms with Crippen LogP contribution in [-0.4, -0.2) is 37.9 Å². The minimum absolute atomic E-state index is 0.00606. The largest absolute Gasteiger partial charge is 0.495 e. The Balaban J connectivity index is 1.65. The Kier molecular flexibility index (Phi) is 6.08. The maximum absolute atomic E-state index is 12.5. The fraction of sp³-hybridized carbons (Fsp3) is 0.286. The van der Waals surface area contributed by atoms with Gasteiger partial charge in [-0.2, -0.15) is 0 Å². The molecule has 3 rings (SSSR count). The number of ether oxygens (including phenoxy) is 2. The molecule has 0 saturated heterocycles. The van der Waals surface area contributed by atoms with Crippen molar-refractivity contribution < 1.29 is 23.9 Å². The van der Waals surface area contributed by atoms with Gasteiger partial charge in [-0.25, -0.2) is 0 Å². The highest BCUT2D eigenvalue weighted by atomic mass is 35.5. The van der Waals surface area contributed by atoms with E-state index in [0.29, 0.717) is 33.5 Å². The zero-order chi connectivity index (χ0) is 21.1. The van der Waals surface area contributed by atoms with E-state index in [1.54, 1.807) is 50.4 Å². The normalized spacial score (nSPS) is 15.4. The lowest BCUT2D eigenvalue weighted by atomic mass is 10.0. The molecule has 2 amide bonds. The number of nitrogens with one attached hydrogen (secondary N) is 1. The van der Waals surface area contributed by atoms with Gasteiger partial charge in [0.2, 0.25) is 5.91 Å². The number of ketones is 1. The molecular formula is C21H21ClN2O5. The fourth-order valence-corrected chi connectivity index (χ4v) is 3.22. The molecule has 1 unspecified atom stereocenters. The van der Waals surface area contributed by atoms with Gasteiger partial charge in [-0.3, -0.25) is 14.4 Å². The lowest BCUT2D eigenvalue weighted by Crippen LogP contribution is -2.42. The number of halogens is 1. The molecular weight excluding hydrogens is 396 g/mol. The van der Waals surface area contributed by atoms with Gasteiger partial charge in [-0.05, 0) is 43.3 Å². The molecule has 0 aromatic heterocycles. The van der Waals surface area contributed by atoms with Crippen molar-refractivity contribution in [2.75, 3.05) is 24.4 Å². The summed E-state index contributed by atoms with van der Waals surface area (Å²) in [4.78, 5) is 38.4. The Morgan fingerprint density at radius 3 is 2.69 bits per heavy atom. The summed E-state index contributed by atoms with van der Waals surface area (Å²) in [6, 6.07) is 9.80. The lowest BCUT2D eigenvalue weighted by Gasteiger charge is -2.30. The second kappa shape index (κ2) is 8.53. The predicted octanol–water partition coefficient (Wildman–Crippen LogP) is 3.69. The predicted molar refractivity (Wildman–Crippen MR) is 110 cm³/mol. The van der Waals surface area contributed by atoms with Gasteiger partial charge >= 0.3 is 0 Å². The summed E-state index contributed by atoms with van der Waals surface area (Å²) >= 11 is 5.95. The quantitative estimate of drug-likeness (QED) is 0.726. The van der Waals surface area contributed by atoms with Gasteiger partial charge in [0, 0.05) is 30.5 Å². The number of benzene rings is 2. The molecule has 0 radical (unpaired) electrons. The van der Waals surface area contributed by atoms with Crippen molar-refractivity contribution in [2.45, 2.75) is 25.9 Å².